The van der Waals surface area contributed by atoms with E-state index in [0.29, 0.717) is 0 Å². The van der Waals surface area contributed by atoms with Crippen molar-refractivity contribution >= 4 is 15.2 Å². The number of alkyl halides is 2. The van der Waals surface area contributed by atoms with E-state index < -0.39 is 51.4 Å². The van der Waals surface area contributed by atoms with Gasteiger partial charge in [0, 0.05) is 19.3 Å². The molecule has 108 valence electrons. The predicted molar refractivity (Wildman–Crippen MR) is 55.9 cm³/mol. The van der Waals surface area contributed by atoms with Crippen LogP contribution in [0, 0.1) is 5.92 Å². The van der Waals surface area contributed by atoms with Crippen LogP contribution in [0.5, 0.6) is 0 Å². The molecule has 0 saturated heterocycles. The van der Waals surface area contributed by atoms with Gasteiger partial charge < -0.3 is 24.7 Å². The lowest BCUT2D eigenvalue weighted by atomic mass is 10.0. The lowest BCUT2D eigenvalue weighted by Gasteiger charge is -2.31. The van der Waals surface area contributed by atoms with Crippen LogP contribution in [-0.2, 0) is 9.13 Å². The largest absolute Gasteiger partial charge is 0.369 e. The predicted octanol–water partition coefficient (Wildman–Crippen LogP) is 0.813. The van der Waals surface area contributed by atoms with E-state index in [2.05, 4.69) is 0 Å². The lowest BCUT2D eigenvalue weighted by molar-refractivity contribution is 0.00190. The molecule has 1 atom stereocenters. The fourth-order valence-electron chi connectivity index (χ4n) is 2.01. The third kappa shape index (κ3) is 3.17. The molecule has 7 nitrogen and oxygen atoms in total. The molecule has 11 heteroatoms. The molecule has 1 aliphatic rings. The Labute approximate surface area is 101 Å². The van der Waals surface area contributed by atoms with Gasteiger partial charge in [0.25, 0.3) is 5.08 Å². The van der Waals surface area contributed by atoms with Crippen LogP contribution in [0.25, 0.3) is 0 Å². The Kier molecular flexibility index (Phi) is 4.13. The minimum Gasteiger partial charge on any atom is -0.368 e. The zero-order valence-corrected chi connectivity index (χ0v) is 10.9. The topological polar surface area (TPSA) is 135 Å². The van der Waals surface area contributed by atoms with Crippen molar-refractivity contribution in [3.05, 3.63) is 0 Å². The molecule has 1 rings (SSSR count). The van der Waals surface area contributed by atoms with E-state index in [1.807, 2.05) is 0 Å². The molecule has 0 amide bonds. The molecule has 0 aromatic rings. The number of hydrogen-bond donors (Lipinski definition) is 5. The van der Waals surface area contributed by atoms with Gasteiger partial charge in [-0.25, -0.2) is 8.78 Å². The van der Waals surface area contributed by atoms with Gasteiger partial charge >= 0.3 is 15.2 Å². The molecular formula is C7H14F2O7P2. The molecule has 5 N–H and O–H groups in total. The Hall–Kier alpha value is 0.120. The average molecular weight is 310 g/mol. The van der Waals surface area contributed by atoms with Crippen molar-refractivity contribution in [2.24, 2.45) is 5.92 Å². The fourth-order valence-corrected chi connectivity index (χ4v) is 4.36. The Morgan fingerprint density at radius 3 is 1.89 bits per heavy atom. The fraction of sp³-hybridized carbons (Fsp3) is 1.00. The van der Waals surface area contributed by atoms with Crippen LogP contribution in [0.4, 0.5) is 8.78 Å². The molecule has 1 saturated carbocycles. The number of hydrogen-bond acceptors (Lipinski definition) is 3. The Bertz CT molecular complexity index is 392. The van der Waals surface area contributed by atoms with Crippen LogP contribution in [0.2, 0.25) is 0 Å². The Morgan fingerprint density at radius 1 is 1.17 bits per heavy atom. The summed E-state index contributed by atoms with van der Waals surface area (Å²) in [5.74, 6) is -4.08. The zero-order chi connectivity index (χ0) is 14.4. The Morgan fingerprint density at radius 2 is 1.61 bits per heavy atom. The van der Waals surface area contributed by atoms with E-state index in [-0.39, 0.29) is 6.42 Å². The van der Waals surface area contributed by atoms with Crippen LogP contribution in [0.3, 0.4) is 0 Å². The maximum absolute atomic E-state index is 12.9. The van der Waals surface area contributed by atoms with E-state index in [1.165, 1.54) is 0 Å². The first-order chi connectivity index (χ1) is 7.79. The highest BCUT2D eigenvalue weighted by Gasteiger charge is 2.61. The van der Waals surface area contributed by atoms with E-state index in [9.17, 15) is 23.0 Å². The van der Waals surface area contributed by atoms with Gasteiger partial charge in [-0.3, -0.25) is 9.13 Å². The maximum Gasteiger partial charge on any atom is 0.369 e. The second-order valence-corrected chi connectivity index (χ2v) is 8.54. The lowest BCUT2D eigenvalue weighted by Crippen LogP contribution is -2.31. The van der Waals surface area contributed by atoms with Gasteiger partial charge in [-0.15, -0.1) is 0 Å². The summed E-state index contributed by atoms with van der Waals surface area (Å²) in [6.45, 7) is 0. The molecule has 18 heavy (non-hydrogen) atoms. The average Bonchev–Trinajstić information content (AvgIpc) is 2.41. The molecule has 0 aromatic heterocycles. The second-order valence-electron chi connectivity index (χ2n) is 4.53. The van der Waals surface area contributed by atoms with Crippen molar-refractivity contribution in [1.29, 1.82) is 0 Å². The monoisotopic (exact) mass is 310 g/mol. The molecule has 0 aliphatic heterocycles. The van der Waals surface area contributed by atoms with Crippen LogP contribution in [0.15, 0.2) is 0 Å². The summed E-state index contributed by atoms with van der Waals surface area (Å²) in [7, 11) is -11.1. The molecule has 0 radical (unpaired) electrons. The van der Waals surface area contributed by atoms with Crippen molar-refractivity contribution in [3.8, 4) is 0 Å². The second kappa shape index (κ2) is 4.59. The number of rotatable bonds is 4. The first-order valence-corrected chi connectivity index (χ1v) is 8.22. The first kappa shape index (κ1) is 16.2. The molecule has 1 fully saturated rings. The third-order valence-electron chi connectivity index (χ3n) is 3.00. The van der Waals surface area contributed by atoms with Gasteiger partial charge in [-0.2, -0.15) is 0 Å². The van der Waals surface area contributed by atoms with Gasteiger partial charge in [0.1, 0.15) is 0 Å². The van der Waals surface area contributed by atoms with E-state index in [0.717, 1.165) is 0 Å². The first-order valence-electron chi connectivity index (χ1n) is 5.00. The van der Waals surface area contributed by atoms with Gasteiger partial charge in [0.05, 0.1) is 0 Å². The number of halogens is 2. The third-order valence-corrected chi connectivity index (χ3v) is 6.80. The molecule has 0 spiro atoms. The molecular weight excluding hydrogens is 296 g/mol. The summed E-state index contributed by atoms with van der Waals surface area (Å²) in [4.78, 5) is 35.4. The van der Waals surface area contributed by atoms with Crippen LogP contribution in [-0.4, -0.2) is 35.7 Å². The SMILES string of the molecule is O=P(O)(O)C(O)(CC1CCC(F)(F)C1)P(=O)(O)O. The van der Waals surface area contributed by atoms with Crippen molar-refractivity contribution in [3.63, 3.8) is 0 Å². The van der Waals surface area contributed by atoms with E-state index in [1.54, 1.807) is 0 Å². The van der Waals surface area contributed by atoms with Crippen molar-refractivity contribution in [2.75, 3.05) is 0 Å². The Balaban J connectivity index is 2.96. The van der Waals surface area contributed by atoms with Crippen LogP contribution < -0.4 is 0 Å². The smallest absolute Gasteiger partial charge is 0.368 e. The maximum atomic E-state index is 12.9. The summed E-state index contributed by atoms with van der Waals surface area (Å²) in [5, 5.41) is 5.95. The molecule has 0 heterocycles. The van der Waals surface area contributed by atoms with Gasteiger partial charge in [0.2, 0.25) is 5.92 Å². The van der Waals surface area contributed by atoms with Crippen molar-refractivity contribution in [1.82, 2.24) is 0 Å². The normalized spacial score (nSPS) is 25.4. The minimum atomic E-state index is -5.56. The van der Waals surface area contributed by atoms with Crippen LogP contribution >= 0.6 is 15.2 Å². The standard InChI is InChI=1S/C7H14F2O7P2/c8-6(9)2-1-5(3-6)4-7(10,17(11,12)13)18(14,15)16/h5,10H,1-4H2,(H2,11,12,13)(H2,14,15,16). The molecule has 1 unspecified atom stereocenters. The highest BCUT2D eigenvalue weighted by Crippen LogP contribution is 2.70. The summed E-state index contributed by atoms with van der Waals surface area (Å²) in [6, 6.07) is 0. The highest BCUT2D eigenvalue weighted by molar-refractivity contribution is 7.72. The van der Waals surface area contributed by atoms with E-state index in [4.69, 9.17) is 19.6 Å². The van der Waals surface area contributed by atoms with Crippen molar-refractivity contribution < 1.29 is 42.6 Å². The molecule has 1 aliphatic carbocycles. The number of aliphatic hydroxyl groups is 1. The van der Waals surface area contributed by atoms with Gasteiger partial charge in [-0.1, -0.05) is 0 Å². The van der Waals surface area contributed by atoms with Gasteiger partial charge in [-0.05, 0) is 12.3 Å². The minimum absolute atomic E-state index is 0.157. The summed E-state index contributed by atoms with van der Waals surface area (Å²) in [5.41, 5.74) is 0. The van der Waals surface area contributed by atoms with E-state index >= 15 is 0 Å². The molecule has 0 bridgehead atoms. The summed E-state index contributed by atoms with van der Waals surface area (Å²) >= 11 is 0. The molecule has 0 aromatic carbocycles. The van der Waals surface area contributed by atoms with Gasteiger partial charge in [0.15, 0.2) is 0 Å². The highest BCUT2D eigenvalue weighted by atomic mass is 31.2. The quantitative estimate of drug-likeness (QED) is 0.485. The summed E-state index contributed by atoms with van der Waals surface area (Å²) in [6.07, 6.45) is -2.50. The van der Waals surface area contributed by atoms with Crippen molar-refractivity contribution in [2.45, 2.75) is 36.7 Å². The zero-order valence-electron chi connectivity index (χ0n) is 9.11. The summed E-state index contributed by atoms with van der Waals surface area (Å²) < 4.78 is 47.8. The van der Waals surface area contributed by atoms with Crippen LogP contribution in [0.1, 0.15) is 25.7 Å².